The number of aromatic nitrogens is 4. The van der Waals surface area contributed by atoms with Gasteiger partial charge in [-0.25, -0.2) is 0 Å². The largest absolute Gasteiger partial charge is 0.395 e. The Hall–Kier alpha value is -1.40. The van der Waals surface area contributed by atoms with E-state index in [0.717, 1.165) is 43.2 Å². The monoisotopic (exact) mass is 330 g/mol. The predicted octanol–water partition coefficient (Wildman–Crippen LogP) is 2.10. The molecule has 5 nitrogen and oxygen atoms in total. The van der Waals surface area contributed by atoms with Crippen molar-refractivity contribution in [3.05, 3.63) is 41.2 Å². The van der Waals surface area contributed by atoms with Crippen LogP contribution in [0.3, 0.4) is 0 Å². The summed E-state index contributed by atoms with van der Waals surface area (Å²) in [5.41, 5.74) is 2.44. The average molecular weight is 330 g/mol. The Balaban J connectivity index is 1.75. The highest BCUT2D eigenvalue weighted by atomic mass is 32.2. The van der Waals surface area contributed by atoms with Crippen LogP contribution in [0.2, 0.25) is 0 Å². The zero-order chi connectivity index (χ0) is 16.1. The molecule has 1 aliphatic heterocycles. The van der Waals surface area contributed by atoms with E-state index in [1.165, 1.54) is 11.1 Å². The van der Waals surface area contributed by atoms with Gasteiger partial charge in [-0.1, -0.05) is 6.07 Å². The molecule has 1 saturated carbocycles. The maximum Gasteiger partial charge on any atom is 0.143 e. The zero-order valence-electron chi connectivity index (χ0n) is 13.6. The number of aryl methyl sites for hydroxylation is 1. The van der Waals surface area contributed by atoms with Crippen LogP contribution in [0.5, 0.6) is 0 Å². The van der Waals surface area contributed by atoms with E-state index in [2.05, 4.69) is 39.7 Å². The van der Waals surface area contributed by atoms with Gasteiger partial charge >= 0.3 is 0 Å². The number of nitrogens with zero attached hydrogens (tertiary/aromatic N) is 4. The second-order valence-electron chi connectivity index (χ2n) is 7.06. The van der Waals surface area contributed by atoms with Gasteiger partial charge in [-0.3, -0.25) is 4.98 Å². The Morgan fingerprint density at radius 2 is 2.13 bits per heavy atom. The fourth-order valence-corrected chi connectivity index (χ4v) is 4.60. The minimum Gasteiger partial charge on any atom is -0.395 e. The van der Waals surface area contributed by atoms with E-state index in [4.69, 9.17) is 0 Å². The maximum absolute atomic E-state index is 9.70. The lowest BCUT2D eigenvalue weighted by molar-refractivity contribution is 0.254. The van der Waals surface area contributed by atoms with Crippen LogP contribution in [0.15, 0.2) is 18.5 Å². The first-order chi connectivity index (χ1) is 11.1. The number of thioether (sulfide) groups is 1. The molecular weight excluding hydrogens is 308 g/mol. The number of fused-ring (bicyclic) bond motifs is 1. The molecule has 23 heavy (non-hydrogen) atoms. The van der Waals surface area contributed by atoms with E-state index in [0.29, 0.717) is 0 Å². The van der Waals surface area contributed by atoms with Crippen LogP contribution in [0.25, 0.3) is 0 Å². The van der Waals surface area contributed by atoms with Crippen molar-refractivity contribution in [2.45, 2.75) is 49.8 Å². The Morgan fingerprint density at radius 3 is 2.83 bits per heavy atom. The predicted molar refractivity (Wildman–Crippen MR) is 90.7 cm³/mol. The zero-order valence-corrected chi connectivity index (χ0v) is 14.4. The third-order valence-electron chi connectivity index (χ3n) is 5.06. The molecule has 1 N–H and O–H groups in total. The summed E-state index contributed by atoms with van der Waals surface area (Å²) >= 11 is 1.83. The highest BCUT2D eigenvalue weighted by Crippen LogP contribution is 2.53. The van der Waals surface area contributed by atoms with Crippen molar-refractivity contribution >= 4 is 11.8 Å². The Bertz CT molecular complexity index is 740. The summed E-state index contributed by atoms with van der Waals surface area (Å²) in [6, 6.07) is 2.23. The molecule has 3 heterocycles. The molecule has 2 aromatic rings. The summed E-state index contributed by atoms with van der Waals surface area (Å²) < 4.78 is 2.14. The summed E-state index contributed by atoms with van der Waals surface area (Å²) in [6.07, 6.45) is 6.86. The van der Waals surface area contributed by atoms with Crippen LogP contribution in [0.4, 0.5) is 0 Å². The number of pyridine rings is 1. The fraction of sp³-hybridized carbons (Fsp3) is 0.588. The number of hydrogen-bond donors (Lipinski definition) is 1. The van der Waals surface area contributed by atoms with Gasteiger partial charge in [0.25, 0.3) is 0 Å². The SMILES string of the molecule is Cc1cncc(C2(c3nnc4n3CCS[C@@](C)(CO)C4)CC2)c1. The van der Waals surface area contributed by atoms with Crippen molar-refractivity contribution in [3.63, 3.8) is 0 Å². The quantitative estimate of drug-likeness (QED) is 0.934. The van der Waals surface area contributed by atoms with E-state index in [1.807, 2.05) is 24.2 Å². The van der Waals surface area contributed by atoms with Gasteiger partial charge in [-0.05, 0) is 37.8 Å². The van der Waals surface area contributed by atoms with E-state index >= 15 is 0 Å². The van der Waals surface area contributed by atoms with E-state index in [9.17, 15) is 5.11 Å². The molecular formula is C17H22N4OS. The molecule has 4 rings (SSSR count). The molecule has 1 atom stereocenters. The topological polar surface area (TPSA) is 63.8 Å². The van der Waals surface area contributed by atoms with E-state index in [-0.39, 0.29) is 16.8 Å². The third kappa shape index (κ3) is 2.48. The maximum atomic E-state index is 9.70. The van der Waals surface area contributed by atoms with Crippen LogP contribution in [-0.2, 0) is 18.4 Å². The first kappa shape index (κ1) is 15.1. The van der Waals surface area contributed by atoms with Crippen LogP contribution < -0.4 is 0 Å². The highest BCUT2D eigenvalue weighted by molar-refractivity contribution is 8.00. The molecule has 0 saturated heterocycles. The number of rotatable bonds is 3. The van der Waals surface area contributed by atoms with Gasteiger partial charge in [0.1, 0.15) is 11.6 Å². The standard InChI is InChI=1S/C17H22N4OS/c1-12-7-13(10-18-9-12)17(3-4-17)15-20-19-14-8-16(2,11-22)23-6-5-21(14)15/h7,9-10,22H,3-6,8,11H2,1-2H3/t16-/m1/s1. The molecule has 2 aromatic heterocycles. The fourth-order valence-electron chi connectivity index (χ4n) is 3.51. The van der Waals surface area contributed by atoms with Gasteiger partial charge in [0.05, 0.1) is 12.0 Å². The van der Waals surface area contributed by atoms with Crippen LogP contribution in [0.1, 0.15) is 42.5 Å². The van der Waals surface area contributed by atoms with Crippen molar-refractivity contribution in [2.24, 2.45) is 0 Å². The molecule has 0 unspecified atom stereocenters. The lowest BCUT2D eigenvalue weighted by Gasteiger charge is -2.23. The summed E-state index contributed by atoms with van der Waals surface area (Å²) in [5, 5.41) is 18.8. The molecule has 1 fully saturated rings. The second kappa shape index (κ2) is 5.31. The van der Waals surface area contributed by atoms with Crippen molar-refractivity contribution in [2.75, 3.05) is 12.4 Å². The lowest BCUT2D eigenvalue weighted by atomic mass is 9.95. The minimum absolute atomic E-state index is 0.00507. The normalized spacial score (nSPS) is 25.7. The summed E-state index contributed by atoms with van der Waals surface area (Å²) in [6.45, 7) is 5.28. The van der Waals surface area contributed by atoms with Crippen molar-refractivity contribution in [3.8, 4) is 0 Å². The van der Waals surface area contributed by atoms with Crippen LogP contribution in [0, 0.1) is 6.92 Å². The average Bonchev–Trinajstić information content (AvgIpc) is 3.29. The Kier molecular flexibility index (Phi) is 3.50. The number of aliphatic hydroxyl groups is 1. The number of hydrogen-bond acceptors (Lipinski definition) is 5. The van der Waals surface area contributed by atoms with E-state index < -0.39 is 0 Å². The van der Waals surface area contributed by atoms with Crippen molar-refractivity contribution < 1.29 is 5.11 Å². The molecule has 0 amide bonds. The Labute approximate surface area is 140 Å². The van der Waals surface area contributed by atoms with Crippen LogP contribution >= 0.6 is 11.8 Å². The second-order valence-corrected chi connectivity index (χ2v) is 8.74. The Morgan fingerprint density at radius 1 is 1.30 bits per heavy atom. The van der Waals surface area contributed by atoms with Gasteiger partial charge in [0.2, 0.25) is 0 Å². The number of aliphatic hydroxyl groups excluding tert-OH is 1. The molecule has 0 radical (unpaired) electrons. The first-order valence-corrected chi connectivity index (χ1v) is 9.14. The first-order valence-electron chi connectivity index (χ1n) is 8.16. The van der Waals surface area contributed by atoms with E-state index in [1.54, 1.807) is 0 Å². The van der Waals surface area contributed by atoms with Crippen molar-refractivity contribution in [1.82, 2.24) is 19.7 Å². The molecule has 0 spiro atoms. The van der Waals surface area contributed by atoms with Gasteiger partial charge in [0.15, 0.2) is 0 Å². The molecule has 122 valence electrons. The molecule has 0 aromatic carbocycles. The molecule has 1 aliphatic carbocycles. The lowest BCUT2D eigenvalue weighted by Crippen LogP contribution is -2.28. The smallest absolute Gasteiger partial charge is 0.143 e. The summed E-state index contributed by atoms with van der Waals surface area (Å²) in [7, 11) is 0. The minimum atomic E-state index is -0.153. The van der Waals surface area contributed by atoms with Crippen molar-refractivity contribution in [1.29, 1.82) is 0 Å². The summed E-state index contributed by atoms with van der Waals surface area (Å²) in [4.78, 5) is 4.37. The molecule has 0 bridgehead atoms. The van der Waals surface area contributed by atoms with Gasteiger partial charge in [-0.2, -0.15) is 11.8 Å². The third-order valence-corrected chi connectivity index (χ3v) is 6.42. The van der Waals surface area contributed by atoms with Gasteiger partial charge in [0, 0.05) is 35.9 Å². The van der Waals surface area contributed by atoms with Crippen LogP contribution in [-0.4, -0.2) is 42.0 Å². The van der Waals surface area contributed by atoms with Gasteiger partial charge < -0.3 is 9.67 Å². The highest BCUT2D eigenvalue weighted by Gasteiger charge is 2.51. The molecule has 2 aliphatic rings. The molecule has 6 heteroatoms. The summed E-state index contributed by atoms with van der Waals surface area (Å²) in [5.74, 6) is 3.08. The van der Waals surface area contributed by atoms with Gasteiger partial charge in [-0.15, -0.1) is 10.2 Å².